The standard InChI is InChI=1S/C31H29ClFN3O4S/c1-34-31(38)29(20-23-10-4-2-5-11-23)35(21-24-12-8-9-15-28(24)33)30(37)22-36(26-13-6-3-7-14-26)41(39,40)27-18-16-25(32)17-19-27/h2-19,29H,20-22H2,1H3,(H,34,38)/t29-/m1/s1. The summed E-state index contributed by atoms with van der Waals surface area (Å²) < 4.78 is 43.5. The van der Waals surface area contributed by atoms with E-state index in [9.17, 15) is 22.4 Å². The first-order valence-corrected chi connectivity index (χ1v) is 14.6. The van der Waals surface area contributed by atoms with Crippen LogP contribution in [0.1, 0.15) is 11.1 Å². The summed E-state index contributed by atoms with van der Waals surface area (Å²) >= 11 is 5.98. The van der Waals surface area contributed by atoms with Crippen LogP contribution >= 0.6 is 11.6 Å². The predicted octanol–water partition coefficient (Wildman–Crippen LogP) is 5.06. The van der Waals surface area contributed by atoms with E-state index in [0.717, 1.165) is 9.87 Å². The van der Waals surface area contributed by atoms with Gasteiger partial charge in [0.05, 0.1) is 10.6 Å². The monoisotopic (exact) mass is 593 g/mol. The molecule has 0 saturated carbocycles. The van der Waals surface area contributed by atoms with Crippen molar-refractivity contribution in [3.05, 3.63) is 131 Å². The maximum Gasteiger partial charge on any atom is 0.264 e. The Bertz CT molecular complexity index is 1590. The molecule has 0 radical (unpaired) electrons. The third kappa shape index (κ3) is 7.31. The van der Waals surface area contributed by atoms with Crippen LogP contribution in [0.2, 0.25) is 5.02 Å². The molecule has 0 bridgehead atoms. The minimum Gasteiger partial charge on any atom is -0.357 e. The lowest BCUT2D eigenvalue weighted by molar-refractivity contribution is -0.139. The zero-order chi connectivity index (χ0) is 29.4. The van der Waals surface area contributed by atoms with Crippen LogP contribution in [-0.4, -0.2) is 44.8 Å². The van der Waals surface area contributed by atoms with E-state index in [2.05, 4.69) is 5.32 Å². The number of amides is 2. The van der Waals surface area contributed by atoms with Crippen LogP contribution in [0.4, 0.5) is 10.1 Å². The largest absolute Gasteiger partial charge is 0.357 e. The SMILES string of the molecule is CNC(=O)[C@@H](Cc1ccccc1)N(Cc1ccccc1F)C(=O)CN(c1ccccc1)S(=O)(=O)c1ccc(Cl)cc1. The van der Waals surface area contributed by atoms with E-state index in [-0.39, 0.29) is 29.1 Å². The molecule has 1 atom stereocenters. The Hall–Kier alpha value is -4.21. The highest BCUT2D eigenvalue weighted by molar-refractivity contribution is 7.92. The zero-order valence-electron chi connectivity index (χ0n) is 22.3. The lowest BCUT2D eigenvalue weighted by Gasteiger charge is -2.33. The number of likely N-dealkylation sites (N-methyl/N-ethyl adjacent to an activating group) is 1. The third-order valence-corrected chi connectivity index (χ3v) is 8.58. The van der Waals surface area contributed by atoms with E-state index in [0.29, 0.717) is 5.02 Å². The third-order valence-electron chi connectivity index (χ3n) is 6.54. The fourth-order valence-corrected chi connectivity index (χ4v) is 5.93. The van der Waals surface area contributed by atoms with Crippen molar-refractivity contribution in [1.29, 1.82) is 0 Å². The normalized spacial score (nSPS) is 11.9. The molecule has 212 valence electrons. The zero-order valence-corrected chi connectivity index (χ0v) is 23.9. The van der Waals surface area contributed by atoms with Gasteiger partial charge in [-0.1, -0.05) is 78.3 Å². The first kappa shape index (κ1) is 29.8. The molecule has 41 heavy (non-hydrogen) atoms. The summed E-state index contributed by atoms with van der Waals surface area (Å²) in [6.07, 6.45) is 0.135. The second kappa shape index (κ2) is 13.4. The van der Waals surface area contributed by atoms with Gasteiger partial charge in [-0.05, 0) is 48.0 Å². The minimum atomic E-state index is -4.24. The number of nitrogens with one attached hydrogen (secondary N) is 1. The molecule has 0 aliphatic carbocycles. The smallest absolute Gasteiger partial charge is 0.264 e. The van der Waals surface area contributed by atoms with Crippen molar-refractivity contribution >= 4 is 39.1 Å². The molecule has 1 N–H and O–H groups in total. The number of anilines is 1. The van der Waals surface area contributed by atoms with Crippen molar-refractivity contribution in [2.45, 2.75) is 23.9 Å². The Kier molecular flexibility index (Phi) is 9.75. The van der Waals surface area contributed by atoms with Crippen molar-refractivity contribution in [3.8, 4) is 0 Å². The molecular weight excluding hydrogens is 565 g/mol. The van der Waals surface area contributed by atoms with Crippen molar-refractivity contribution in [2.75, 3.05) is 17.9 Å². The molecule has 0 saturated heterocycles. The Morgan fingerprint density at radius 2 is 1.44 bits per heavy atom. The summed E-state index contributed by atoms with van der Waals surface area (Å²) in [6.45, 7) is -0.883. The molecule has 7 nitrogen and oxygen atoms in total. The maximum atomic E-state index is 14.8. The Balaban J connectivity index is 1.78. The van der Waals surface area contributed by atoms with Crippen LogP contribution in [0.3, 0.4) is 0 Å². The molecule has 0 heterocycles. The van der Waals surface area contributed by atoms with Crippen molar-refractivity contribution in [2.24, 2.45) is 0 Å². The number of hydrogen-bond acceptors (Lipinski definition) is 4. The minimum absolute atomic E-state index is 0.0636. The van der Waals surface area contributed by atoms with E-state index in [1.807, 2.05) is 30.3 Å². The molecule has 0 unspecified atom stereocenters. The first-order chi connectivity index (χ1) is 19.7. The van der Waals surface area contributed by atoms with Gasteiger partial charge in [0, 0.05) is 30.6 Å². The molecule has 0 spiro atoms. The summed E-state index contributed by atoms with van der Waals surface area (Å²) in [6, 6.07) is 27.8. The second-order valence-electron chi connectivity index (χ2n) is 9.23. The number of nitrogens with zero attached hydrogens (tertiary/aromatic N) is 2. The molecule has 4 aromatic carbocycles. The van der Waals surface area contributed by atoms with Crippen LogP contribution in [0.5, 0.6) is 0 Å². The lowest BCUT2D eigenvalue weighted by Crippen LogP contribution is -2.53. The number of carbonyl (C=O) groups excluding carboxylic acids is 2. The van der Waals surface area contributed by atoms with Gasteiger partial charge in [-0.3, -0.25) is 13.9 Å². The van der Waals surface area contributed by atoms with E-state index >= 15 is 0 Å². The predicted molar refractivity (Wildman–Crippen MR) is 157 cm³/mol. The van der Waals surface area contributed by atoms with Crippen LogP contribution < -0.4 is 9.62 Å². The number of benzene rings is 4. The summed E-state index contributed by atoms with van der Waals surface area (Å²) in [5, 5.41) is 2.95. The first-order valence-electron chi connectivity index (χ1n) is 12.8. The van der Waals surface area contributed by atoms with Gasteiger partial charge in [0.1, 0.15) is 18.4 Å². The van der Waals surface area contributed by atoms with Crippen LogP contribution in [0.25, 0.3) is 0 Å². The molecule has 4 rings (SSSR count). The van der Waals surface area contributed by atoms with E-state index < -0.39 is 40.2 Å². The van der Waals surface area contributed by atoms with Gasteiger partial charge in [0.15, 0.2) is 0 Å². The van der Waals surface area contributed by atoms with E-state index in [4.69, 9.17) is 11.6 Å². The summed E-state index contributed by atoms with van der Waals surface area (Å²) in [5.74, 6) is -1.70. The Morgan fingerprint density at radius 1 is 0.854 bits per heavy atom. The van der Waals surface area contributed by atoms with Gasteiger partial charge in [-0.2, -0.15) is 0 Å². The van der Waals surface area contributed by atoms with Crippen molar-refractivity contribution < 1.29 is 22.4 Å². The molecule has 0 fully saturated rings. The number of sulfonamides is 1. The second-order valence-corrected chi connectivity index (χ2v) is 11.5. The summed E-state index contributed by atoms with van der Waals surface area (Å²) in [5.41, 5.74) is 1.22. The van der Waals surface area contributed by atoms with Crippen molar-refractivity contribution in [1.82, 2.24) is 10.2 Å². The van der Waals surface area contributed by atoms with Gasteiger partial charge in [-0.15, -0.1) is 0 Å². The number of halogens is 2. The van der Waals surface area contributed by atoms with Gasteiger partial charge >= 0.3 is 0 Å². The average Bonchev–Trinajstić information content (AvgIpc) is 2.99. The van der Waals surface area contributed by atoms with Gasteiger partial charge in [0.25, 0.3) is 10.0 Å². The van der Waals surface area contributed by atoms with Crippen LogP contribution in [-0.2, 0) is 32.6 Å². The molecule has 10 heteroatoms. The number of rotatable bonds is 11. The summed E-state index contributed by atoms with van der Waals surface area (Å²) in [7, 11) is -2.79. The fourth-order valence-electron chi connectivity index (χ4n) is 4.39. The number of para-hydroxylation sites is 1. The topological polar surface area (TPSA) is 86.8 Å². The highest BCUT2D eigenvalue weighted by Gasteiger charge is 2.34. The molecule has 0 aromatic heterocycles. The molecule has 2 amide bonds. The number of carbonyl (C=O) groups is 2. The highest BCUT2D eigenvalue weighted by atomic mass is 35.5. The van der Waals surface area contributed by atoms with Crippen LogP contribution in [0, 0.1) is 5.82 Å². The lowest BCUT2D eigenvalue weighted by atomic mass is 10.0. The fraction of sp³-hybridized carbons (Fsp3) is 0.161. The Labute approximate surface area is 244 Å². The highest BCUT2D eigenvalue weighted by Crippen LogP contribution is 2.26. The van der Waals surface area contributed by atoms with Gasteiger partial charge in [0.2, 0.25) is 11.8 Å². The quantitative estimate of drug-likeness (QED) is 0.263. The van der Waals surface area contributed by atoms with Gasteiger partial charge < -0.3 is 10.2 Å². The summed E-state index contributed by atoms with van der Waals surface area (Å²) in [4.78, 5) is 28.5. The molecule has 0 aliphatic heterocycles. The maximum absolute atomic E-state index is 14.8. The number of hydrogen-bond donors (Lipinski definition) is 1. The van der Waals surface area contributed by atoms with E-state index in [1.165, 1.54) is 54.4 Å². The molecular formula is C31H29ClFN3O4S. The molecule has 4 aromatic rings. The van der Waals surface area contributed by atoms with Crippen LogP contribution in [0.15, 0.2) is 114 Å². The Morgan fingerprint density at radius 3 is 2.05 bits per heavy atom. The van der Waals surface area contributed by atoms with Gasteiger partial charge in [-0.25, -0.2) is 12.8 Å². The van der Waals surface area contributed by atoms with E-state index in [1.54, 1.807) is 36.4 Å². The van der Waals surface area contributed by atoms with Crippen molar-refractivity contribution in [3.63, 3.8) is 0 Å². The molecule has 0 aliphatic rings. The average molecular weight is 594 g/mol.